The normalized spacial score (nSPS) is 11.2. The third-order valence-electron chi connectivity index (χ3n) is 4.24. The maximum Gasteiger partial charge on any atom is 0.338 e. The summed E-state index contributed by atoms with van der Waals surface area (Å²) in [6.45, 7) is 9.35. The van der Waals surface area contributed by atoms with Crippen LogP contribution in [0.25, 0.3) is 0 Å². The second kappa shape index (κ2) is 9.63. The first-order valence-corrected chi connectivity index (χ1v) is 10.2. The molecule has 3 N–H and O–H groups in total. The SMILES string of the molecule is CCCc1nn(C)c(C(N)=O)c1NC(=O)c1cc(C(=O)OC(C)(C)C)ccc1OCC. The number of nitrogens with one attached hydrogen (secondary N) is 1. The summed E-state index contributed by atoms with van der Waals surface area (Å²) in [5.74, 6) is -1.52. The Kier molecular flexibility index (Phi) is 7.43. The molecule has 2 aromatic rings. The van der Waals surface area contributed by atoms with Crippen LogP contribution >= 0.6 is 0 Å². The van der Waals surface area contributed by atoms with Crippen molar-refractivity contribution in [1.29, 1.82) is 0 Å². The topological polar surface area (TPSA) is 126 Å². The number of carbonyl (C=O) groups is 3. The fourth-order valence-electron chi connectivity index (χ4n) is 3.04. The van der Waals surface area contributed by atoms with E-state index in [1.807, 2.05) is 6.92 Å². The molecule has 0 aliphatic rings. The Morgan fingerprint density at radius 3 is 2.42 bits per heavy atom. The lowest BCUT2D eigenvalue weighted by atomic mass is 10.1. The standard InChI is InChI=1S/C22H30N4O5/c1-7-9-15-17(18(19(23)27)26(6)25-15)24-20(28)14-12-13(10-11-16(14)30-8-2)21(29)31-22(3,4)5/h10-12H,7-9H2,1-6H3,(H2,23,27)(H,24,28). The quantitative estimate of drug-likeness (QED) is 0.620. The zero-order chi connectivity index (χ0) is 23.3. The van der Waals surface area contributed by atoms with Crippen molar-refractivity contribution in [2.45, 2.75) is 53.1 Å². The van der Waals surface area contributed by atoms with E-state index in [9.17, 15) is 14.4 Å². The number of anilines is 1. The van der Waals surface area contributed by atoms with Crippen molar-refractivity contribution in [2.24, 2.45) is 12.8 Å². The van der Waals surface area contributed by atoms with Gasteiger partial charge in [-0.05, 0) is 52.3 Å². The molecule has 1 aromatic heterocycles. The van der Waals surface area contributed by atoms with Crippen LogP contribution in [-0.4, -0.2) is 39.8 Å². The van der Waals surface area contributed by atoms with Crippen LogP contribution in [0.5, 0.6) is 5.75 Å². The van der Waals surface area contributed by atoms with E-state index in [2.05, 4.69) is 10.4 Å². The molecule has 9 nitrogen and oxygen atoms in total. The number of primary amides is 1. The Hall–Kier alpha value is -3.36. The first-order valence-electron chi connectivity index (χ1n) is 10.2. The predicted molar refractivity (Wildman–Crippen MR) is 116 cm³/mol. The number of carbonyl (C=O) groups excluding carboxylic acids is 3. The molecule has 0 saturated carbocycles. The summed E-state index contributed by atoms with van der Waals surface area (Å²) < 4.78 is 12.3. The van der Waals surface area contributed by atoms with E-state index in [4.69, 9.17) is 15.2 Å². The van der Waals surface area contributed by atoms with Gasteiger partial charge in [-0.2, -0.15) is 5.10 Å². The van der Waals surface area contributed by atoms with Crippen molar-refractivity contribution in [3.63, 3.8) is 0 Å². The molecule has 0 radical (unpaired) electrons. The molecule has 0 bridgehead atoms. The molecule has 1 heterocycles. The first kappa shape index (κ1) is 23.9. The van der Waals surface area contributed by atoms with E-state index >= 15 is 0 Å². The lowest BCUT2D eigenvalue weighted by Crippen LogP contribution is -2.24. The summed E-state index contributed by atoms with van der Waals surface area (Å²) in [7, 11) is 1.59. The molecule has 0 aliphatic heterocycles. The number of benzene rings is 1. The van der Waals surface area contributed by atoms with E-state index in [-0.39, 0.29) is 22.5 Å². The van der Waals surface area contributed by atoms with Gasteiger partial charge in [0.05, 0.1) is 29.1 Å². The Bertz CT molecular complexity index is 989. The van der Waals surface area contributed by atoms with E-state index in [0.717, 1.165) is 6.42 Å². The van der Waals surface area contributed by atoms with Crippen molar-refractivity contribution in [3.05, 3.63) is 40.7 Å². The summed E-state index contributed by atoms with van der Waals surface area (Å²) in [4.78, 5) is 37.6. The highest BCUT2D eigenvalue weighted by atomic mass is 16.6. The summed E-state index contributed by atoms with van der Waals surface area (Å²) in [6.07, 6.45) is 1.31. The number of aromatic nitrogens is 2. The van der Waals surface area contributed by atoms with Gasteiger partial charge >= 0.3 is 5.97 Å². The average molecular weight is 431 g/mol. The lowest BCUT2D eigenvalue weighted by molar-refractivity contribution is 0.00693. The predicted octanol–water partition coefficient (Wildman–Crippen LogP) is 3.08. The molecular weight excluding hydrogens is 400 g/mol. The summed E-state index contributed by atoms with van der Waals surface area (Å²) in [5, 5.41) is 7.05. The molecule has 0 saturated heterocycles. The third-order valence-corrected chi connectivity index (χ3v) is 4.24. The molecule has 0 spiro atoms. The van der Waals surface area contributed by atoms with E-state index in [0.29, 0.717) is 24.5 Å². The Balaban J connectivity index is 2.48. The van der Waals surface area contributed by atoms with Crippen LogP contribution in [0.15, 0.2) is 18.2 Å². The molecule has 31 heavy (non-hydrogen) atoms. The van der Waals surface area contributed by atoms with Crippen LogP contribution in [0.4, 0.5) is 5.69 Å². The van der Waals surface area contributed by atoms with Crippen molar-refractivity contribution in [1.82, 2.24) is 9.78 Å². The fourth-order valence-corrected chi connectivity index (χ4v) is 3.04. The van der Waals surface area contributed by atoms with Gasteiger partial charge in [0.25, 0.3) is 11.8 Å². The van der Waals surface area contributed by atoms with Crippen molar-refractivity contribution in [2.75, 3.05) is 11.9 Å². The van der Waals surface area contributed by atoms with E-state index in [1.165, 1.54) is 16.8 Å². The first-order chi connectivity index (χ1) is 14.5. The molecule has 9 heteroatoms. The number of nitrogens with two attached hydrogens (primary N) is 1. The molecule has 0 fully saturated rings. The van der Waals surface area contributed by atoms with Gasteiger partial charge in [-0.15, -0.1) is 0 Å². The second-order valence-corrected chi connectivity index (χ2v) is 8.01. The van der Waals surface area contributed by atoms with Gasteiger partial charge in [0.1, 0.15) is 17.0 Å². The fraction of sp³-hybridized carbons (Fsp3) is 0.455. The maximum atomic E-state index is 13.2. The zero-order valence-electron chi connectivity index (χ0n) is 18.9. The van der Waals surface area contributed by atoms with Crippen LogP contribution in [0.3, 0.4) is 0 Å². The number of ether oxygens (including phenoxy) is 2. The number of nitrogens with zero attached hydrogens (tertiary/aromatic N) is 2. The number of hydrogen-bond donors (Lipinski definition) is 2. The van der Waals surface area contributed by atoms with Crippen LogP contribution in [-0.2, 0) is 18.2 Å². The molecule has 0 aliphatic carbocycles. The van der Waals surface area contributed by atoms with Crippen LogP contribution < -0.4 is 15.8 Å². The Morgan fingerprint density at radius 2 is 1.87 bits per heavy atom. The van der Waals surface area contributed by atoms with Crippen LogP contribution in [0.1, 0.15) is 77.9 Å². The van der Waals surface area contributed by atoms with Crippen LogP contribution in [0, 0.1) is 0 Å². The third kappa shape index (κ3) is 5.84. The highest BCUT2D eigenvalue weighted by Crippen LogP contribution is 2.26. The van der Waals surface area contributed by atoms with Gasteiger partial charge in [-0.25, -0.2) is 4.79 Å². The molecule has 2 amide bonds. The molecule has 2 rings (SSSR count). The van der Waals surface area contributed by atoms with Gasteiger partial charge in [0.2, 0.25) is 0 Å². The smallest absolute Gasteiger partial charge is 0.338 e. The van der Waals surface area contributed by atoms with Crippen molar-refractivity contribution in [3.8, 4) is 5.75 Å². The van der Waals surface area contributed by atoms with E-state index in [1.54, 1.807) is 40.8 Å². The average Bonchev–Trinajstić information content (AvgIpc) is 2.96. The van der Waals surface area contributed by atoms with Crippen LogP contribution in [0.2, 0.25) is 0 Å². The van der Waals surface area contributed by atoms with Crippen molar-refractivity contribution >= 4 is 23.5 Å². The molecular formula is C22H30N4O5. The van der Waals surface area contributed by atoms with Gasteiger partial charge < -0.3 is 20.5 Å². The number of amides is 2. The number of esters is 1. The monoisotopic (exact) mass is 430 g/mol. The summed E-state index contributed by atoms with van der Waals surface area (Å²) in [6, 6.07) is 4.49. The van der Waals surface area contributed by atoms with Crippen molar-refractivity contribution < 1.29 is 23.9 Å². The largest absolute Gasteiger partial charge is 0.493 e. The number of aryl methyl sites for hydroxylation is 2. The Morgan fingerprint density at radius 1 is 1.19 bits per heavy atom. The maximum absolute atomic E-state index is 13.2. The van der Waals surface area contributed by atoms with E-state index < -0.39 is 23.4 Å². The molecule has 0 unspecified atom stereocenters. The van der Waals surface area contributed by atoms with Gasteiger partial charge in [-0.3, -0.25) is 14.3 Å². The van der Waals surface area contributed by atoms with Gasteiger partial charge in [0.15, 0.2) is 0 Å². The molecule has 1 aromatic carbocycles. The molecule has 168 valence electrons. The van der Waals surface area contributed by atoms with Gasteiger partial charge in [0, 0.05) is 7.05 Å². The minimum absolute atomic E-state index is 0.0954. The second-order valence-electron chi connectivity index (χ2n) is 8.01. The zero-order valence-corrected chi connectivity index (χ0v) is 18.9. The minimum Gasteiger partial charge on any atom is -0.493 e. The number of hydrogen-bond acceptors (Lipinski definition) is 6. The summed E-state index contributed by atoms with van der Waals surface area (Å²) in [5.41, 5.74) is 6.06. The van der Waals surface area contributed by atoms with Gasteiger partial charge in [-0.1, -0.05) is 13.3 Å². The molecule has 0 atom stereocenters. The Labute approximate surface area is 181 Å². The minimum atomic E-state index is -0.708. The highest BCUT2D eigenvalue weighted by molar-refractivity contribution is 6.10. The highest BCUT2D eigenvalue weighted by Gasteiger charge is 2.25. The number of rotatable bonds is 8. The summed E-state index contributed by atoms with van der Waals surface area (Å²) >= 11 is 0. The lowest BCUT2D eigenvalue weighted by Gasteiger charge is -2.20.